The molecule has 2 atom stereocenters. The number of rotatable bonds is 4. The second-order valence-electron chi connectivity index (χ2n) is 7.75. The van der Waals surface area contributed by atoms with Gasteiger partial charge >= 0.3 is 151 Å². The second-order valence-corrected chi connectivity index (χ2v) is 11.4. The van der Waals surface area contributed by atoms with Crippen LogP contribution in [0.2, 0.25) is 4.31 Å². The van der Waals surface area contributed by atoms with Crippen LogP contribution in [0.4, 0.5) is 0 Å². The second kappa shape index (κ2) is 6.89. The number of esters is 1. The fourth-order valence-corrected chi connectivity index (χ4v) is 5.87. The van der Waals surface area contributed by atoms with Crippen LogP contribution in [0.25, 0.3) is 0 Å². The first-order chi connectivity index (χ1) is 11.1. The number of methoxy groups -OCH3 is 1. The molecule has 132 valence electrons. The molecular weight excluding hydrogens is 369 g/mol. The molecule has 5 heteroatoms. The molecule has 1 fully saturated rings. The van der Waals surface area contributed by atoms with Crippen LogP contribution >= 0.6 is 0 Å². The van der Waals surface area contributed by atoms with Gasteiger partial charge in [0.2, 0.25) is 0 Å². The number of hydrogen-bond acceptors (Lipinski definition) is 3. The Hall–Kier alpha value is -1.32. The minimum absolute atomic E-state index is 0.0446. The average molecular weight is 396 g/mol. The first kappa shape index (κ1) is 19.0. The summed E-state index contributed by atoms with van der Waals surface area (Å²) in [6, 6.07) is 10.3. The Kier molecular flexibility index (Phi) is 5.46. The van der Waals surface area contributed by atoms with Crippen molar-refractivity contribution in [2.75, 3.05) is 13.7 Å². The first-order valence-corrected chi connectivity index (χ1v) is 9.92. The number of nitrogens with zero attached hydrogens (tertiary/aromatic N) is 1. The van der Waals surface area contributed by atoms with Gasteiger partial charge in [-0.15, -0.1) is 0 Å². The fraction of sp³-hybridized carbons (Fsp3) is 0.579. The molecule has 1 heterocycles. The van der Waals surface area contributed by atoms with Crippen LogP contribution in [-0.4, -0.2) is 50.9 Å². The van der Waals surface area contributed by atoms with E-state index in [2.05, 4.69) is 26.0 Å². The Morgan fingerprint density at radius 2 is 1.75 bits per heavy atom. The topological polar surface area (TPSA) is 46.6 Å². The van der Waals surface area contributed by atoms with Crippen molar-refractivity contribution in [3.63, 3.8) is 0 Å². The van der Waals surface area contributed by atoms with Crippen LogP contribution in [0.15, 0.2) is 30.3 Å². The van der Waals surface area contributed by atoms with Gasteiger partial charge in [0.15, 0.2) is 0 Å². The predicted octanol–water partition coefficient (Wildman–Crippen LogP) is 2.26. The van der Waals surface area contributed by atoms with Gasteiger partial charge in [-0.1, -0.05) is 0 Å². The molecule has 1 aromatic rings. The molecule has 24 heavy (non-hydrogen) atoms. The molecule has 0 radical (unpaired) electrons. The van der Waals surface area contributed by atoms with Crippen molar-refractivity contribution < 1.29 is 14.3 Å². The van der Waals surface area contributed by atoms with Gasteiger partial charge in [-0.2, -0.15) is 0 Å². The third-order valence-corrected chi connectivity index (χ3v) is 7.40. The molecule has 4 nitrogen and oxygen atoms in total. The molecule has 0 spiro atoms. The standard InChI is InChI=1S/C19H27NO3Se/c1-18(2,3)20-12-14(15(16(20)21)17(22)23-6)19(4,5)24-13-10-8-7-9-11-13/h7-11,14-15H,12H2,1-6H3/t14-,15+/m1/s1. The molecule has 0 saturated carbocycles. The van der Waals surface area contributed by atoms with Crippen LogP contribution < -0.4 is 4.46 Å². The summed E-state index contributed by atoms with van der Waals surface area (Å²) in [4.78, 5) is 27.1. The third-order valence-electron chi connectivity index (χ3n) is 4.60. The summed E-state index contributed by atoms with van der Waals surface area (Å²) in [6.07, 6.45) is 0. The van der Waals surface area contributed by atoms with Gasteiger partial charge in [-0.25, -0.2) is 0 Å². The van der Waals surface area contributed by atoms with Crippen LogP contribution in [-0.2, 0) is 14.3 Å². The van der Waals surface area contributed by atoms with E-state index < -0.39 is 11.9 Å². The van der Waals surface area contributed by atoms with Crippen molar-refractivity contribution in [1.82, 2.24) is 4.90 Å². The van der Waals surface area contributed by atoms with E-state index in [0.29, 0.717) is 6.54 Å². The monoisotopic (exact) mass is 397 g/mol. The fourth-order valence-electron chi connectivity index (χ4n) is 3.22. The molecule has 0 bridgehead atoms. The van der Waals surface area contributed by atoms with Gasteiger partial charge in [0.1, 0.15) is 0 Å². The maximum absolute atomic E-state index is 12.9. The van der Waals surface area contributed by atoms with Crippen molar-refractivity contribution in [2.45, 2.75) is 44.5 Å². The molecule has 1 aliphatic rings. The van der Waals surface area contributed by atoms with E-state index >= 15 is 0 Å². The molecule has 1 amide bonds. The number of carbonyl (C=O) groups is 2. The Bertz CT molecular complexity index is 607. The Labute approximate surface area is 151 Å². The van der Waals surface area contributed by atoms with E-state index in [1.54, 1.807) is 0 Å². The zero-order chi connectivity index (χ0) is 18.1. The molecule has 1 aliphatic heterocycles. The SMILES string of the molecule is COC(=O)[C@@H]1C(=O)N(C(C)(C)C)C[C@H]1C(C)(C)[Se]c1ccccc1. The van der Waals surface area contributed by atoms with E-state index in [-0.39, 0.29) is 36.6 Å². The summed E-state index contributed by atoms with van der Waals surface area (Å²) in [5, 5.41) is 0. The summed E-state index contributed by atoms with van der Waals surface area (Å²) < 4.78 is 6.10. The molecular formula is C19H27NO3Se. The van der Waals surface area contributed by atoms with Gasteiger partial charge in [0.05, 0.1) is 0 Å². The van der Waals surface area contributed by atoms with E-state index in [4.69, 9.17) is 4.74 Å². The minimum atomic E-state index is -0.699. The van der Waals surface area contributed by atoms with Crippen molar-refractivity contribution >= 4 is 31.3 Å². The van der Waals surface area contributed by atoms with Gasteiger partial charge < -0.3 is 0 Å². The Morgan fingerprint density at radius 1 is 1.17 bits per heavy atom. The maximum atomic E-state index is 12.9. The summed E-state index contributed by atoms with van der Waals surface area (Å²) in [6.45, 7) is 11.0. The number of carbonyl (C=O) groups excluding carboxylic acids is 2. The quantitative estimate of drug-likeness (QED) is 0.446. The predicted molar refractivity (Wildman–Crippen MR) is 96.3 cm³/mol. The average Bonchev–Trinajstić information content (AvgIpc) is 2.85. The Morgan fingerprint density at radius 3 is 2.25 bits per heavy atom. The molecule has 0 unspecified atom stereocenters. The number of ether oxygens (including phenoxy) is 1. The third kappa shape index (κ3) is 3.84. The number of benzene rings is 1. The number of amides is 1. The van der Waals surface area contributed by atoms with E-state index in [1.165, 1.54) is 11.6 Å². The molecule has 0 aromatic heterocycles. The van der Waals surface area contributed by atoms with Gasteiger partial charge in [0.25, 0.3) is 0 Å². The van der Waals surface area contributed by atoms with Crippen molar-refractivity contribution in [2.24, 2.45) is 11.8 Å². The van der Waals surface area contributed by atoms with Crippen molar-refractivity contribution in [3.05, 3.63) is 30.3 Å². The Balaban J connectivity index is 2.34. The molecule has 0 N–H and O–H groups in total. The van der Waals surface area contributed by atoms with Crippen LogP contribution in [0.3, 0.4) is 0 Å². The van der Waals surface area contributed by atoms with Gasteiger partial charge in [-0.05, 0) is 0 Å². The summed E-state index contributed by atoms with van der Waals surface area (Å²) >= 11 is 0.152. The van der Waals surface area contributed by atoms with Crippen LogP contribution in [0.1, 0.15) is 34.6 Å². The summed E-state index contributed by atoms with van der Waals surface area (Å²) in [5.41, 5.74) is -0.298. The number of hydrogen-bond donors (Lipinski definition) is 0. The molecule has 1 aromatic carbocycles. The van der Waals surface area contributed by atoms with Crippen molar-refractivity contribution in [1.29, 1.82) is 0 Å². The van der Waals surface area contributed by atoms with E-state index in [1.807, 2.05) is 43.9 Å². The van der Waals surface area contributed by atoms with Crippen LogP contribution in [0, 0.1) is 11.8 Å². The number of likely N-dealkylation sites (tertiary alicyclic amines) is 1. The summed E-state index contributed by atoms with van der Waals surface area (Å²) in [7, 11) is 1.36. The molecule has 0 aliphatic carbocycles. The van der Waals surface area contributed by atoms with Gasteiger partial charge in [0, 0.05) is 0 Å². The first-order valence-electron chi connectivity index (χ1n) is 8.21. The normalized spacial score (nSPS) is 21.9. The van der Waals surface area contributed by atoms with E-state index in [0.717, 1.165) is 0 Å². The van der Waals surface area contributed by atoms with E-state index in [9.17, 15) is 9.59 Å². The van der Waals surface area contributed by atoms with Crippen molar-refractivity contribution in [3.8, 4) is 0 Å². The molecule has 2 rings (SSSR count). The summed E-state index contributed by atoms with van der Waals surface area (Å²) in [5.74, 6) is -1.25. The zero-order valence-corrected chi connectivity index (χ0v) is 17.0. The van der Waals surface area contributed by atoms with Crippen LogP contribution in [0.5, 0.6) is 0 Å². The zero-order valence-electron chi connectivity index (χ0n) is 15.3. The molecule has 1 saturated heterocycles. The van der Waals surface area contributed by atoms with Gasteiger partial charge in [-0.3, -0.25) is 0 Å².